The van der Waals surface area contributed by atoms with Gasteiger partial charge in [0.25, 0.3) is 0 Å². The lowest BCUT2D eigenvalue weighted by atomic mass is 10.1. The zero-order chi connectivity index (χ0) is 24.6. The summed E-state index contributed by atoms with van der Waals surface area (Å²) in [5.41, 5.74) is 2.33. The Labute approximate surface area is 203 Å². The van der Waals surface area contributed by atoms with Gasteiger partial charge in [-0.2, -0.15) is 0 Å². The lowest BCUT2D eigenvalue weighted by Gasteiger charge is -2.26. The smallest absolute Gasteiger partial charge is 0.337 e. The number of carboxylic acid groups (broad SMARTS) is 1. The minimum Gasteiger partial charge on any atom is -0.489 e. The number of carbonyl (C=O) groups is 2. The average Bonchev–Trinajstić information content (AvgIpc) is 2.86. The van der Waals surface area contributed by atoms with E-state index in [9.17, 15) is 14.7 Å². The number of hydrogen-bond donors (Lipinski definition) is 2. The highest BCUT2D eigenvalue weighted by Gasteiger charge is 2.17. The molecule has 35 heavy (non-hydrogen) atoms. The van der Waals surface area contributed by atoms with Gasteiger partial charge in [-0.15, -0.1) is 0 Å². The van der Waals surface area contributed by atoms with Gasteiger partial charge in [0.1, 0.15) is 18.1 Å². The maximum absolute atomic E-state index is 12.5. The number of benzene rings is 3. The molecule has 3 aromatic carbocycles. The van der Waals surface area contributed by atoms with Crippen molar-refractivity contribution in [1.82, 2.24) is 4.90 Å². The number of rotatable bonds is 9. The second-order valence-electron chi connectivity index (χ2n) is 8.11. The molecule has 178 valence electrons. The number of carbonyl (C=O) groups excluding carboxylic acids is 1. The van der Waals surface area contributed by atoms with Crippen LogP contribution in [0.4, 0.5) is 5.69 Å². The number of amides is 1. The Morgan fingerprint density at radius 2 is 1.60 bits per heavy atom. The van der Waals surface area contributed by atoms with Crippen LogP contribution in [-0.2, 0) is 11.4 Å². The van der Waals surface area contributed by atoms with Crippen LogP contribution in [0.15, 0.2) is 102 Å². The minimum atomic E-state index is -1.09. The van der Waals surface area contributed by atoms with Gasteiger partial charge >= 0.3 is 5.97 Å². The van der Waals surface area contributed by atoms with E-state index in [0.717, 1.165) is 16.9 Å². The molecule has 1 heterocycles. The van der Waals surface area contributed by atoms with Gasteiger partial charge in [0.15, 0.2) is 5.88 Å². The first-order chi connectivity index (χ1) is 17.0. The van der Waals surface area contributed by atoms with Crippen LogP contribution >= 0.6 is 0 Å². The first kappa shape index (κ1) is 23.6. The second kappa shape index (κ2) is 11.1. The van der Waals surface area contributed by atoms with Crippen molar-refractivity contribution in [2.45, 2.75) is 13.0 Å². The lowest BCUT2D eigenvalue weighted by Crippen LogP contribution is -2.28. The summed E-state index contributed by atoms with van der Waals surface area (Å²) in [7, 11) is 1.88. The summed E-state index contributed by atoms with van der Waals surface area (Å²) in [6.07, 6.45) is 3.82. The molecule has 4 rings (SSSR count). The Hall–Kier alpha value is -4.52. The van der Waals surface area contributed by atoms with Crippen molar-refractivity contribution < 1.29 is 24.2 Å². The summed E-state index contributed by atoms with van der Waals surface area (Å²) in [5.74, 6) is 0.725. The third-order valence-corrected chi connectivity index (χ3v) is 5.39. The van der Waals surface area contributed by atoms with Crippen LogP contribution in [0.5, 0.6) is 11.5 Å². The largest absolute Gasteiger partial charge is 0.489 e. The fourth-order valence-corrected chi connectivity index (χ4v) is 3.62. The maximum Gasteiger partial charge on any atom is 0.337 e. The van der Waals surface area contributed by atoms with Gasteiger partial charge < -0.3 is 24.8 Å². The van der Waals surface area contributed by atoms with E-state index in [1.807, 2.05) is 78.7 Å². The van der Waals surface area contributed by atoms with Gasteiger partial charge in [-0.3, -0.25) is 4.79 Å². The fraction of sp³-hybridized carbons (Fsp3) is 0.143. The number of nitrogens with zero attached hydrogens (tertiary/aromatic N) is 1. The highest BCUT2D eigenvalue weighted by molar-refractivity contribution is 6.01. The molecule has 0 spiro atoms. The van der Waals surface area contributed by atoms with Crippen molar-refractivity contribution in [2.75, 3.05) is 18.9 Å². The molecule has 0 fully saturated rings. The average molecular weight is 471 g/mol. The standard InChI is InChI=1S/C28H26N2O5/c1-30-18-21(17-26(31)29-25-10-6-5-9-24(25)28(32)33)11-16-27(30)35-23-14-12-22(13-15-23)34-19-20-7-3-2-4-8-20/h2-16H,17-19H2,1H3,(H,29,31)(H,32,33). The molecule has 1 aliphatic heterocycles. The monoisotopic (exact) mass is 470 g/mol. The fourth-order valence-electron chi connectivity index (χ4n) is 3.62. The summed E-state index contributed by atoms with van der Waals surface area (Å²) in [5, 5.41) is 12.0. The number of hydrogen-bond acceptors (Lipinski definition) is 5. The highest BCUT2D eigenvalue weighted by atomic mass is 16.5. The number of para-hydroxylation sites is 1. The van der Waals surface area contributed by atoms with Gasteiger partial charge in [-0.05, 0) is 53.6 Å². The van der Waals surface area contributed by atoms with Crippen molar-refractivity contribution in [3.63, 3.8) is 0 Å². The van der Waals surface area contributed by atoms with Gasteiger partial charge in [-0.25, -0.2) is 4.79 Å². The van der Waals surface area contributed by atoms with E-state index in [1.165, 1.54) is 6.07 Å². The molecule has 0 radical (unpaired) electrons. The lowest BCUT2D eigenvalue weighted by molar-refractivity contribution is -0.115. The molecule has 1 aliphatic rings. The third kappa shape index (κ3) is 6.51. The predicted octanol–water partition coefficient (Wildman–Crippen LogP) is 5.08. The molecule has 0 aliphatic carbocycles. The quantitative estimate of drug-likeness (QED) is 0.453. The Balaban J connectivity index is 1.32. The van der Waals surface area contributed by atoms with E-state index in [4.69, 9.17) is 9.47 Å². The highest BCUT2D eigenvalue weighted by Crippen LogP contribution is 2.24. The number of allylic oxidation sites excluding steroid dienone is 2. The van der Waals surface area contributed by atoms with Gasteiger partial charge in [0.05, 0.1) is 11.3 Å². The first-order valence-corrected chi connectivity index (χ1v) is 11.2. The van der Waals surface area contributed by atoms with E-state index < -0.39 is 5.97 Å². The topological polar surface area (TPSA) is 88.1 Å². The molecule has 1 amide bonds. The van der Waals surface area contributed by atoms with Crippen molar-refractivity contribution in [2.24, 2.45) is 0 Å². The van der Waals surface area contributed by atoms with Gasteiger partial charge in [0, 0.05) is 20.0 Å². The van der Waals surface area contributed by atoms with Crippen molar-refractivity contribution in [3.05, 3.63) is 114 Å². The summed E-state index contributed by atoms with van der Waals surface area (Å²) >= 11 is 0. The first-order valence-electron chi connectivity index (χ1n) is 11.2. The van der Waals surface area contributed by atoms with Crippen LogP contribution in [0.2, 0.25) is 0 Å². The van der Waals surface area contributed by atoms with Crippen LogP contribution in [0, 0.1) is 0 Å². The number of nitrogens with one attached hydrogen (secondary N) is 1. The van der Waals surface area contributed by atoms with Crippen LogP contribution < -0.4 is 14.8 Å². The van der Waals surface area contributed by atoms with E-state index in [2.05, 4.69) is 5.32 Å². The number of aromatic carboxylic acids is 1. The summed E-state index contributed by atoms with van der Waals surface area (Å²) in [4.78, 5) is 25.7. The van der Waals surface area contributed by atoms with Crippen LogP contribution in [0.1, 0.15) is 22.3 Å². The molecule has 3 aromatic rings. The molecule has 0 atom stereocenters. The molecule has 0 saturated heterocycles. The van der Waals surface area contributed by atoms with Gasteiger partial charge in [-0.1, -0.05) is 48.5 Å². The Kier molecular flexibility index (Phi) is 7.47. The molecular weight excluding hydrogens is 444 g/mol. The van der Waals surface area contributed by atoms with Crippen LogP contribution in [-0.4, -0.2) is 35.5 Å². The van der Waals surface area contributed by atoms with E-state index in [0.29, 0.717) is 24.8 Å². The van der Waals surface area contributed by atoms with Crippen molar-refractivity contribution in [1.29, 1.82) is 0 Å². The molecule has 0 saturated carbocycles. The molecule has 0 bridgehead atoms. The third-order valence-electron chi connectivity index (χ3n) is 5.39. The second-order valence-corrected chi connectivity index (χ2v) is 8.11. The summed E-state index contributed by atoms with van der Waals surface area (Å²) < 4.78 is 11.8. The normalized spacial score (nSPS) is 12.9. The molecule has 7 nitrogen and oxygen atoms in total. The summed E-state index contributed by atoms with van der Waals surface area (Å²) in [6, 6.07) is 23.7. The molecule has 0 unspecified atom stereocenters. The van der Waals surface area contributed by atoms with Crippen molar-refractivity contribution >= 4 is 17.6 Å². The Morgan fingerprint density at radius 3 is 2.31 bits per heavy atom. The molecular formula is C28H26N2O5. The number of anilines is 1. The van der Waals surface area contributed by atoms with E-state index in [1.54, 1.807) is 18.2 Å². The molecule has 7 heteroatoms. The van der Waals surface area contributed by atoms with E-state index in [-0.39, 0.29) is 23.6 Å². The zero-order valence-corrected chi connectivity index (χ0v) is 19.3. The summed E-state index contributed by atoms with van der Waals surface area (Å²) in [6.45, 7) is 1.01. The molecule has 2 N–H and O–H groups in total. The maximum atomic E-state index is 12.5. The SMILES string of the molecule is CN1CC(CC(=O)Nc2ccccc2C(=O)O)=CC=C1Oc1ccc(OCc2ccccc2)cc1. The van der Waals surface area contributed by atoms with Gasteiger partial charge in [0.2, 0.25) is 5.91 Å². The van der Waals surface area contributed by atoms with Crippen LogP contribution in [0.25, 0.3) is 0 Å². The predicted molar refractivity (Wildman–Crippen MR) is 133 cm³/mol. The Bertz CT molecular complexity index is 1250. The Morgan fingerprint density at radius 1 is 0.914 bits per heavy atom. The number of carboxylic acids is 1. The molecule has 0 aromatic heterocycles. The van der Waals surface area contributed by atoms with E-state index >= 15 is 0 Å². The number of ether oxygens (including phenoxy) is 2. The zero-order valence-electron chi connectivity index (χ0n) is 19.3. The minimum absolute atomic E-state index is 0.0580. The number of likely N-dealkylation sites (N-methyl/N-ethyl adjacent to an activating group) is 1. The van der Waals surface area contributed by atoms with Crippen LogP contribution in [0.3, 0.4) is 0 Å². The van der Waals surface area contributed by atoms with Crippen molar-refractivity contribution in [3.8, 4) is 11.5 Å².